The molecule has 6 nitrogen and oxygen atoms in total. The molecule has 22 heavy (non-hydrogen) atoms. The zero-order valence-electron chi connectivity index (χ0n) is 12.8. The van der Waals surface area contributed by atoms with Crippen LogP contribution in [0, 0.1) is 0 Å². The molecule has 1 amide bonds. The zero-order chi connectivity index (χ0) is 15.8. The summed E-state index contributed by atoms with van der Waals surface area (Å²) in [5.74, 6) is -0.687. The Balaban J connectivity index is 0.00000441. The summed E-state index contributed by atoms with van der Waals surface area (Å²) in [6, 6.07) is 5.58. The van der Waals surface area contributed by atoms with Gasteiger partial charge in [0.05, 0.1) is 0 Å². The molecule has 0 bridgehead atoms. The molecule has 0 unspecified atom stereocenters. The van der Waals surface area contributed by atoms with Gasteiger partial charge in [-0.1, -0.05) is 12.1 Å². The van der Waals surface area contributed by atoms with E-state index in [0.29, 0.717) is 19.5 Å². The number of aromatic hydroxyl groups is 1. The number of hydrogen-bond donors (Lipinski definition) is 2. The molecule has 0 aliphatic rings. The Hall–Kier alpha value is -1.79. The van der Waals surface area contributed by atoms with Crippen LogP contribution in [0.5, 0.6) is 5.75 Å². The first-order chi connectivity index (χ1) is 9.97. The number of phenolic OH excluding ortho intramolecular Hbond substituents is 1. The third-order valence-corrected chi connectivity index (χ3v) is 3.15. The lowest BCUT2D eigenvalue weighted by atomic mass is 10.1. The predicted octanol–water partition coefficient (Wildman–Crippen LogP) is 1.10. The Labute approximate surface area is 136 Å². The zero-order valence-corrected chi connectivity index (χ0v) is 13.6. The molecule has 7 heteroatoms. The lowest BCUT2D eigenvalue weighted by molar-refractivity contribution is -0.153. The monoisotopic (exact) mass is 330 g/mol. The van der Waals surface area contributed by atoms with Crippen molar-refractivity contribution in [3.8, 4) is 5.75 Å². The van der Waals surface area contributed by atoms with Gasteiger partial charge in [-0.15, -0.1) is 12.4 Å². The van der Waals surface area contributed by atoms with Crippen molar-refractivity contribution in [1.82, 2.24) is 4.90 Å². The summed E-state index contributed by atoms with van der Waals surface area (Å²) in [6.07, 6.45) is 0.290. The third kappa shape index (κ3) is 6.32. The van der Waals surface area contributed by atoms with Crippen molar-refractivity contribution in [2.24, 2.45) is 5.73 Å². The molecule has 1 atom stereocenters. The van der Waals surface area contributed by atoms with Crippen LogP contribution < -0.4 is 5.73 Å². The SMILES string of the molecule is CCN(CC)C(=O)COC(=O)[C@@H](N)Cc1ccc(O)cc1.Cl. The quantitative estimate of drug-likeness (QED) is 0.730. The van der Waals surface area contributed by atoms with Gasteiger partial charge in [-0.3, -0.25) is 9.59 Å². The molecule has 0 aliphatic carbocycles. The maximum absolute atomic E-state index is 11.8. The van der Waals surface area contributed by atoms with E-state index in [0.717, 1.165) is 5.56 Å². The Morgan fingerprint density at radius 3 is 2.27 bits per heavy atom. The molecule has 0 aliphatic heterocycles. The Morgan fingerprint density at radius 1 is 1.23 bits per heavy atom. The first-order valence-electron chi connectivity index (χ1n) is 6.95. The van der Waals surface area contributed by atoms with Crippen LogP contribution in [-0.2, 0) is 20.7 Å². The molecule has 0 fully saturated rings. The summed E-state index contributed by atoms with van der Waals surface area (Å²) in [6.45, 7) is 4.59. The lowest BCUT2D eigenvalue weighted by Crippen LogP contribution is -2.39. The number of ether oxygens (including phenoxy) is 1. The summed E-state index contributed by atoms with van der Waals surface area (Å²) < 4.78 is 4.94. The van der Waals surface area contributed by atoms with Gasteiger partial charge in [0.1, 0.15) is 11.8 Å². The highest BCUT2D eigenvalue weighted by atomic mass is 35.5. The van der Waals surface area contributed by atoms with Gasteiger partial charge < -0.3 is 20.5 Å². The fraction of sp³-hybridized carbons (Fsp3) is 0.467. The summed E-state index contributed by atoms with van der Waals surface area (Å²) in [4.78, 5) is 25.0. The molecular weight excluding hydrogens is 308 g/mol. The largest absolute Gasteiger partial charge is 0.508 e. The van der Waals surface area contributed by atoms with E-state index >= 15 is 0 Å². The molecule has 1 rings (SSSR count). The number of nitrogens with zero attached hydrogens (tertiary/aromatic N) is 1. The van der Waals surface area contributed by atoms with Crippen LogP contribution >= 0.6 is 12.4 Å². The number of nitrogens with two attached hydrogens (primary N) is 1. The fourth-order valence-electron chi connectivity index (χ4n) is 1.88. The highest BCUT2D eigenvalue weighted by Crippen LogP contribution is 2.11. The van der Waals surface area contributed by atoms with Gasteiger partial charge in [0.2, 0.25) is 0 Å². The molecule has 1 aromatic carbocycles. The molecule has 0 spiro atoms. The van der Waals surface area contributed by atoms with E-state index < -0.39 is 12.0 Å². The van der Waals surface area contributed by atoms with E-state index in [2.05, 4.69) is 0 Å². The number of phenols is 1. The van der Waals surface area contributed by atoms with E-state index in [9.17, 15) is 14.7 Å². The van der Waals surface area contributed by atoms with Crippen molar-refractivity contribution in [2.75, 3.05) is 19.7 Å². The smallest absolute Gasteiger partial charge is 0.323 e. The summed E-state index contributed by atoms with van der Waals surface area (Å²) in [7, 11) is 0. The second-order valence-electron chi connectivity index (χ2n) is 4.65. The summed E-state index contributed by atoms with van der Waals surface area (Å²) in [5.41, 5.74) is 6.57. The summed E-state index contributed by atoms with van der Waals surface area (Å²) >= 11 is 0. The Kier molecular flexibility index (Phi) is 9.21. The third-order valence-electron chi connectivity index (χ3n) is 3.15. The van der Waals surface area contributed by atoms with Crippen LogP contribution in [0.15, 0.2) is 24.3 Å². The number of halogens is 1. The normalized spacial score (nSPS) is 11.2. The van der Waals surface area contributed by atoms with Crippen LogP contribution in [0.4, 0.5) is 0 Å². The van der Waals surface area contributed by atoms with Crippen LogP contribution in [0.25, 0.3) is 0 Å². The van der Waals surface area contributed by atoms with E-state index in [1.165, 1.54) is 12.1 Å². The molecular formula is C15H23ClN2O4. The van der Waals surface area contributed by atoms with Crippen LogP contribution in [-0.4, -0.2) is 47.6 Å². The van der Waals surface area contributed by atoms with E-state index in [4.69, 9.17) is 10.5 Å². The highest BCUT2D eigenvalue weighted by Gasteiger charge is 2.18. The molecule has 0 saturated heterocycles. The minimum absolute atomic E-state index is 0. The number of rotatable bonds is 7. The number of likely N-dealkylation sites (N-methyl/N-ethyl adjacent to an activating group) is 1. The summed E-state index contributed by atoms with van der Waals surface area (Å²) in [5, 5.41) is 9.18. The second kappa shape index (κ2) is 10.0. The van der Waals surface area contributed by atoms with E-state index in [-0.39, 0.29) is 30.7 Å². The van der Waals surface area contributed by atoms with Gasteiger partial charge in [-0.05, 0) is 38.0 Å². The average Bonchev–Trinajstić information content (AvgIpc) is 2.48. The second-order valence-corrected chi connectivity index (χ2v) is 4.65. The molecule has 0 aromatic heterocycles. The van der Waals surface area contributed by atoms with E-state index in [1.807, 2.05) is 13.8 Å². The topological polar surface area (TPSA) is 92.9 Å². The number of benzene rings is 1. The molecule has 124 valence electrons. The van der Waals surface area contributed by atoms with Gasteiger partial charge in [-0.2, -0.15) is 0 Å². The minimum Gasteiger partial charge on any atom is -0.508 e. The van der Waals surface area contributed by atoms with Gasteiger partial charge in [-0.25, -0.2) is 0 Å². The van der Waals surface area contributed by atoms with Crippen molar-refractivity contribution in [2.45, 2.75) is 26.3 Å². The number of esters is 1. The van der Waals surface area contributed by atoms with Gasteiger partial charge in [0.15, 0.2) is 6.61 Å². The van der Waals surface area contributed by atoms with E-state index in [1.54, 1.807) is 17.0 Å². The first kappa shape index (κ1) is 20.2. The van der Waals surface area contributed by atoms with Gasteiger partial charge in [0.25, 0.3) is 5.91 Å². The highest BCUT2D eigenvalue weighted by molar-refractivity contribution is 5.85. The van der Waals surface area contributed by atoms with Crippen molar-refractivity contribution >= 4 is 24.3 Å². The average molecular weight is 331 g/mol. The predicted molar refractivity (Wildman–Crippen MR) is 85.9 cm³/mol. The molecule has 3 N–H and O–H groups in total. The van der Waals surface area contributed by atoms with Crippen molar-refractivity contribution in [1.29, 1.82) is 0 Å². The number of carbonyl (C=O) groups excluding carboxylic acids is 2. The number of carbonyl (C=O) groups is 2. The Bertz CT molecular complexity index is 475. The van der Waals surface area contributed by atoms with Crippen LogP contribution in [0.2, 0.25) is 0 Å². The van der Waals surface area contributed by atoms with Gasteiger partial charge >= 0.3 is 5.97 Å². The molecule has 0 heterocycles. The number of amides is 1. The lowest BCUT2D eigenvalue weighted by Gasteiger charge is -2.19. The standard InChI is InChI=1S/C15H22N2O4.ClH/c1-3-17(4-2)14(19)10-21-15(20)13(16)9-11-5-7-12(18)8-6-11;/h5-8,13,18H,3-4,9-10,16H2,1-2H3;1H/t13-;/m0./s1. The van der Waals surface area contributed by atoms with Crippen molar-refractivity contribution in [3.05, 3.63) is 29.8 Å². The first-order valence-corrected chi connectivity index (χ1v) is 6.95. The Morgan fingerprint density at radius 2 is 1.77 bits per heavy atom. The molecule has 0 saturated carbocycles. The number of hydrogen-bond acceptors (Lipinski definition) is 5. The van der Waals surface area contributed by atoms with Crippen LogP contribution in [0.1, 0.15) is 19.4 Å². The molecule has 0 radical (unpaired) electrons. The fourth-order valence-corrected chi connectivity index (χ4v) is 1.88. The van der Waals surface area contributed by atoms with Crippen molar-refractivity contribution < 1.29 is 19.4 Å². The maximum atomic E-state index is 11.8. The van der Waals surface area contributed by atoms with Crippen molar-refractivity contribution in [3.63, 3.8) is 0 Å². The van der Waals surface area contributed by atoms with Crippen LogP contribution in [0.3, 0.4) is 0 Å². The van der Waals surface area contributed by atoms with Gasteiger partial charge in [0, 0.05) is 13.1 Å². The maximum Gasteiger partial charge on any atom is 0.323 e. The minimum atomic E-state index is -0.834. The molecule has 1 aromatic rings.